The van der Waals surface area contributed by atoms with Gasteiger partial charge in [0.05, 0.1) is 16.7 Å². The molecule has 2 heterocycles. The molecule has 0 fully saturated rings. The number of nitrogens with zero attached hydrogens (tertiary/aromatic N) is 4. The zero-order valence-corrected chi connectivity index (χ0v) is 16.1. The Kier molecular flexibility index (Phi) is 4.79. The van der Waals surface area contributed by atoms with Gasteiger partial charge in [-0.15, -0.1) is 0 Å². The van der Waals surface area contributed by atoms with E-state index >= 15 is 0 Å². The van der Waals surface area contributed by atoms with E-state index in [0.717, 1.165) is 12.1 Å². The second-order valence-corrected chi connectivity index (χ2v) is 8.59. The molecular weight excluding hydrogens is 374 g/mol. The number of hydrogen-bond acceptors (Lipinski definition) is 6. The quantitative estimate of drug-likeness (QED) is 0.542. The minimum absolute atomic E-state index is 0.252. The number of benzene rings is 2. The second-order valence-electron chi connectivity index (χ2n) is 6.58. The third kappa shape index (κ3) is 4.01. The standard InChI is InChI=1S/C20H19N5O2S/c1-28(26,27)17-6-7-19-18(10-17)20(24-13-23-19)22-11-15-2-4-16(5-3-15)12-25-9-8-21-14-25/h2-10,13-14H,11-12H2,1H3,(H,22,23,24). The molecule has 0 atom stereocenters. The predicted octanol–water partition coefficient (Wildman–Crippen LogP) is 2.89. The molecular formula is C20H19N5O2S. The van der Waals surface area contributed by atoms with Crippen molar-refractivity contribution in [3.63, 3.8) is 0 Å². The monoisotopic (exact) mass is 393 g/mol. The Morgan fingerprint density at radius 3 is 2.54 bits per heavy atom. The maximum Gasteiger partial charge on any atom is 0.175 e. The van der Waals surface area contributed by atoms with Gasteiger partial charge in [-0.1, -0.05) is 24.3 Å². The third-order valence-electron chi connectivity index (χ3n) is 4.44. The molecule has 2 aromatic heterocycles. The number of imidazole rings is 1. The summed E-state index contributed by atoms with van der Waals surface area (Å²) in [6, 6.07) is 13.2. The minimum Gasteiger partial charge on any atom is -0.365 e. The molecule has 4 aromatic rings. The molecule has 7 nitrogen and oxygen atoms in total. The Morgan fingerprint density at radius 2 is 1.82 bits per heavy atom. The molecule has 0 unspecified atom stereocenters. The van der Waals surface area contributed by atoms with Crippen LogP contribution in [0.15, 0.2) is 72.4 Å². The summed E-state index contributed by atoms with van der Waals surface area (Å²) in [7, 11) is -3.29. The van der Waals surface area contributed by atoms with E-state index in [-0.39, 0.29) is 4.90 Å². The topological polar surface area (TPSA) is 89.8 Å². The average molecular weight is 393 g/mol. The van der Waals surface area contributed by atoms with Crippen LogP contribution in [-0.2, 0) is 22.9 Å². The van der Waals surface area contributed by atoms with Gasteiger partial charge in [0.1, 0.15) is 12.1 Å². The molecule has 0 saturated heterocycles. The average Bonchev–Trinajstić information content (AvgIpc) is 3.19. The number of anilines is 1. The lowest BCUT2D eigenvalue weighted by atomic mass is 10.1. The van der Waals surface area contributed by atoms with Crippen molar-refractivity contribution in [3.8, 4) is 0 Å². The summed E-state index contributed by atoms with van der Waals surface area (Å²) in [5.74, 6) is 0.609. The highest BCUT2D eigenvalue weighted by Crippen LogP contribution is 2.23. The number of aromatic nitrogens is 4. The molecule has 0 amide bonds. The maximum atomic E-state index is 11.8. The Morgan fingerprint density at radius 1 is 1.04 bits per heavy atom. The van der Waals surface area contributed by atoms with Crippen LogP contribution in [0.4, 0.5) is 5.82 Å². The summed E-state index contributed by atoms with van der Waals surface area (Å²) in [6.07, 6.45) is 8.15. The first-order chi connectivity index (χ1) is 13.5. The van der Waals surface area contributed by atoms with Crippen LogP contribution in [0.25, 0.3) is 10.9 Å². The molecule has 8 heteroatoms. The first-order valence-electron chi connectivity index (χ1n) is 8.71. The van der Waals surface area contributed by atoms with Crippen molar-refractivity contribution in [1.82, 2.24) is 19.5 Å². The van der Waals surface area contributed by atoms with Crippen molar-refractivity contribution in [3.05, 3.63) is 78.6 Å². The lowest BCUT2D eigenvalue weighted by Gasteiger charge is -2.10. The number of rotatable bonds is 6. The van der Waals surface area contributed by atoms with Crippen LogP contribution in [0.3, 0.4) is 0 Å². The lowest BCUT2D eigenvalue weighted by Crippen LogP contribution is -2.04. The molecule has 0 saturated carbocycles. The number of hydrogen-bond donors (Lipinski definition) is 1. The largest absolute Gasteiger partial charge is 0.365 e. The molecule has 2 aromatic carbocycles. The fourth-order valence-electron chi connectivity index (χ4n) is 2.95. The van der Waals surface area contributed by atoms with Crippen LogP contribution in [0.1, 0.15) is 11.1 Å². The van der Waals surface area contributed by atoms with Crippen LogP contribution in [0.2, 0.25) is 0 Å². The molecule has 0 aliphatic carbocycles. The van der Waals surface area contributed by atoms with Gasteiger partial charge in [-0.05, 0) is 29.3 Å². The zero-order chi connectivity index (χ0) is 19.6. The lowest BCUT2D eigenvalue weighted by molar-refractivity contribution is 0.602. The highest BCUT2D eigenvalue weighted by atomic mass is 32.2. The summed E-state index contributed by atoms with van der Waals surface area (Å²) in [5, 5.41) is 3.97. The van der Waals surface area contributed by atoms with Crippen LogP contribution in [0, 0.1) is 0 Å². The molecule has 0 bridgehead atoms. The van der Waals surface area contributed by atoms with Crippen molar-refractivity contribution >= 4 is 26.6 Å². The molecule has 142 valence electrons. The van der Waals surface area contributed by atoms with Gasteiger partial charge >= 0.3 is 0 Å². The number of fused-ring (bicyclic) bond motifs is 1. The van der Waals surface area contributed by atoms with Crippen molar-refractivity contribution < 1.29 is 8.42 Å². The van der Waals surface area contributed by atoms with Gasteiger partial charge in [-0.2, -0.15) is 0 Å². The van der Waals surface area contributed by atoms with E-state index in [2.05, 4.69) is 44.5 Å². The molecule has 0 aliphatic rings. The van der Waals surface area contributed by atoms with E-state index in [4.69, 9.17) is 0 Å². The molecule has 1 N–H and O–H groups in total. The van der Waals surface area contributed by atoms with Crippen molar-refractivity contribution in [1.29, 1.82) is 0 Å². The highest BCUT2D eigenvalue weighted by molar-refractivity contribution is 7.90. The summed E-state index contributed by atoms with van der Waals surface area (Å²) in [5.41, 5.74) is 2.98. The fraction of sp³-hybridized carbons (Fsp3) is 0.150. The second kappa shape index (κ2) is 7.40. The zero-order valence-electron chi connectivity index (χ0n) is 15.3. The van der Waals surface area contributed by atoms with E-state index < -0.39 is 9.84 Å². The Balaban J connectivity index is 1.52. The first kappa shape index (κ1) is 18.1. The SMILES string of the molecule is CS(=O)(=O)c1ccc2ncnc(NCc3ccc(Cn4ccnc4)cc3)c2c1. The van der Waals surface area contributed by atoms with E-state index in [9.17, 15) is 8.42 Å². The van der Waals surface area contributed by atoms with Gasteiger partial charge in [-0.3, -0.25) is 0 Å². The highest BCUT2D eigenvalue weighted by Gasteiger charge is 2.11. The van der Waals surface area contributed by atoms with Gasteiger partial charge in [0.2, 0.25) is 0 Å². The summed E-state index contributed by atoms with van der Waals surface area (Å²) < 4.78 is 25.7. The number of sulfone groups is 1. The summed E-state index contributed by atoms with van der Waals surface area (Å²) in [4.78, 5) is 12.8. The van der Waals surface area contributed by atoms with Crippen molar-refractivity contribution in [2.75, 3.05) is 11.6 Å². The van der Waals surface area contributed by atoms with Crippen LogP contribution in [-0.4, -0.2) is 34.2 Å². The van der Waals surface area contributed by atoms with Crippen molar-refractivity contribution in [2.24, 2.45) is 0 Å². The van der Waals surface area contributed by atoms with Gasteiger partial charge in [0, 0.05) is 37.1 Å². The van der Waals surface area contributed by atoms with E-state index in [0.29, 0.717) is 23.3 Å². The maximum absolute atomic E-state index is 11.8. The third-order valence-corrected chi connectivity index (χ3v) is 5.55. The van der Waals surface area contributed by atoms with E-state index in [1.807, 2.05) is 10.8 Å². The molecule has 28 heavy (non-hydrogen) atoms. The minimum atomic E-state index is -3.29. The van der Waals surface area contributed by atoms with Crippen molar-refractivity contribution in [2.45, 2.75) is 18.0 Å². The van der Waals surface area contributed by atoms with Crippen LogP contribution >= 0.6 is 0 Å². The summed E-state index contributed by atoms with van der Waals surface area (Å²) in [6.45, 7) is 1.35. The molecule has 0 aliphatic heterocycles. The predicted molar refractivity (Wildman–Crippen MR) is 108 cm³/mol. The Hall–Kier alpha value is -3.26. The smallest absolute Gasteiger partial charge is 0.175 e. The Bertz CT molecular complexity index is 1200. The van der Waals surface area contributed by atoms with E-state index in [1.165, 1.54) is 18.1 Å². The Labute approximate surface area is 163 Å². The van der Waals surface area contributed by atoms with Gasteiger partial charge in [0.15, 0.2) is 9.84 Å². The van der Waals surface area contributed by atoms with Gasteiger partial charge in [0.25, 0.3) is 0 Å². The van der Waals surface area contributed by atoms with Crippen LogP contribution in [0.5, 0.6) is 0 Å². The molecule has 4 rings (SSSR count). The fourth-order valence-corrected chi connectivity index (χ4v) is 3.59. The van der Waals surface area contributed by atoms with Crippen LogP contribution < -0.4 is 5.32 Å². The van der Waals surface area contributed by atoms with Gasteiger partial charge < -0.3 is 9.88 Å². The normalized spacial score (nSPS) is 11.6. The summed E-state index contributed by atoms with van der Waals surface area (Å²) >= 11 is 0. The molecule has 0 spiro atoms. The molecule has 0 radical (unpaired) electrons. The number of nitrogens with one attached hydrogen (secondary N) is 1. The van der Waals surface area contributed by atoms with Gasteiger partial charge in [-0.25, -0.2) is 23.4 Å². The van der Waals surface area contributed by atoms with E-state index in [1.54, 1.807) is 30.7 Å². The first-order valence-corrected chi connectivity index (χ1v) is 10.6.